The summed E-state index contributed by atoms with van der Waals surface area (Å²) in [5.41, 5.74) is 2.50. The van der Waals surface area contributed by atoms with Gasteiger partial charge in [0.2, 0.25) is 0 Å². The van der Waals surface area contributed by atoms with E-state index in [1.165, 1.54) is 0 Å². The van der Waals surface area contributed by atoms with Crippen molar-refractivity contribution in [2.75, 3.05) is 0 Å². The average Bonchev–Trinajstić information content (AvgIpc) is 3.17. The van der Waals surface area contributed by atoms with Crippen LogP contribution in [0.5, 0.6) is 0 Å². The van der Waals surface area contributed by atoms with Gasteiger partial charge in [-0.25, -0.2) is 0 Å². The predicted octanol–water partition coefficient (Wildman–Crippen LogP) is 4.88. The van der Waals surface area contributed by atoms with Crippen molar-refractivity contribution in [3.05, 3.63) is 70.1 Å². The second-order valence-electron chi connectivity index (χ2n) is 7.96. The summed E-state index contributed by atoms with van der Waals surface area (Å²) < 4.78 is 8.14. The normalized spacial score (nSPS) is 18.1. The van der Waals surface area contributed by atoms with E-state index in [0.717, 1.165) is 35.6 Å². The van der Waals surface area contributed by atoms with Gasteiger partial charge in [0.05, 0.1) is 6.04 Å². The molecule has 1 aliphatic rings. The largest absolute Gasteiger partial charge is 0.466 e. The van der Waals surface area contributed by atoms with Crippen LogP contribution in [0.3, 0.4) is 0 Å². The Labute approximate surface area is 163 Å². The third-order valence-corrected chi connectivity index (χ3v) is 5.37. The number of carbonyl (C=O) groups is 1. The number of H-pyrrole nitrogens is 1. The van der Waals surface area contributed by atoms with Crippen molar-refractivity contribution in [1.82, 2.24) is 14.9 Å². The molecular formula is C21H23N3O2S. The number of amides is 1. The van der Waals surface area contributed by atoms with Crippen molar-refractivity contribution < 1.29 is 9.21 Å². The highest BCUT2D eigenvalue weighted by Gasteiger charge is 2.36. The van der Waals surface area contributed by atoms with E-state index in [4.69, 9.17) is 16.6 Å². The lowest BCUT2D eigenvalue weighted by atomic mass is 9.74. The van der Waals surface area contributed by atoms with Gasteiger partial charge in [-0.3, -0.25) is 9.36 Å². The third kappa shape index (κ3) is 3.37. The van der Waals surface area contributed by atoms with E-state index < -0.39 is 0 Å². The minimum Gasteiger partial charge on any atom is -0.466 e. The average molecular weight is 382 g/mol. The number of aryl methyl sites for hydroxylation is 1. The minimum atomic E-state index is -0.154. The molecule has 0 saturated heterocycles. The van der Waals surface area contributed by atoms with Crippen LogP contribution in [0.2, 0.25) is 0 Å². The van der Waals surface area contributed by atoms with Crippen LogP contribution in [-0.2, 0) is 6.42 Å². The molecule has 0 radical (unpaired) electrons. The molecule has 0 bridgehead atoms. The fourth-order valence-corrected chi connectivity index (χ4v) is 4.18. The molecule has 1 aromatic carbocycles. The number of aromatic amines is 1. The number of fused-ring (bicyclic) bond motifs is 1. The first kappa shape index (κ1) is 17.8. The van der Waals surface area contributed by atoms with Crippen LogP contribution in [0.15, 0.2) is 47.0 Å². The van der Waals surface area contributed by atoms with Crippen LogP contribution < -0.4 is 5.32 Å². The molecule has 1 amide bonds. The van der Waals surface area contributed by atoms with Crippen LogP contribution in [0.4, 0.5) is 0 Å². The van der Waals surface area contributed by atoms with E-state index in [1.807, 2.05) is 43.3 Å². The lowest BCUT2D eigenvalue weighted by Crippen LogP contribution is -2.36. The maximum absolute atomic E-state index is 13.1. The number of rotatable bonds is 3. The van der Waals surface area contributed by atoms with Gasteiger partial charge < -0.3 is 14.7 Å². The van der Waals surface area contributed by atoms with E-state index in [2.05, 4.69) is 24.1 Å². The van der Waals surface area contributed by atoms with Crippen LogP contribution in [0.1, 0.15) is 53.9 Å². The zero-order valence-electron chi connectivity index (χ0n) is 15.7. The Hall–Kier alpha value is -2.60. The summed E-state index contributed by atoms with van der Waals surface area (Å²) >= 11 is 5.39. The summed E-state index contributed by atoms with van der Waals surface area (Å²) in [5, 5.41) is 3.20. The van der Waals surface area contributed by atoms with Crippen LogP contribution in [0.25, 0.3) is 5.69 Å². The molecule has 0 saturated carbocycles. The fourth-order valence-electron chi connectivity index (χ4n) is 3.91. The molecular weight excluding hydrogens is 358 g/mol. The molecule has 140 valence electrons. The molecule has 0 unspecified atom stereocenters. The van der Waals surface area contributed by atoms with Crippen molar-refractivity contribution in [2.45, 2.75) is 39.7 Å². The lowest BCUT2D eigenvalue weighted by molar-refractivity contribution is 0.0910. The number of hydrogen-bond donors (Lipinski definition) is 2. The number of furan rings is 1. The number of para-hydroxylation sites is 1. The highest BCUT2D eigenvalue weighted by molar-refractivity contribution is 7.71. The Morgan fingerprint density at radius 2 is 2.07 bits per heavy atom. The van der Waals surface area contributed by atoms with Gasteiger partial charge in [0.1, 0.15) is 17.2 Å². The van der Waals surface area contributed by atoms with E-state index >= 15 is 0 Å². The lowest BCUT2D eigenvalue weighted by Gasteiger charge is -2.34. The van der Waals surface area contributed by atoms with Crippen molar-refractivity contribution >= 4 is 18.1 Å². The van der Waals surface area contributed by atoms with E-state index in [9.17, 15) is 4.79 Å². The van der Waals surface area contributed by atoms with Gasteiger partial charge in [-0.05, 0) is 49.2 Å². The van der Waals surface area contributed by atoms with Crippen LogP contribution >= 0.6 is 12.2 Å². The molecule has 0 fully saturated rings. The Kier molecular flexibility index (Phi) is 4.30. The van der Waals surface area contributed by atoms with Crippen LogP contribution in [0, 0.1) is 17.1 Å². The number of nitrogens with one attached hydrogen (secondary N) is 2. The number of hydrogen-bond acceptors (Lipinski definition) is 3. The van der Waals surface area contributed by atoms with Crippen molar-refractivity contribution in [2.24, 2.45) is 5.41 Å². The number of nitrogens with zero attached hydrogens (tertiary/aromatic N) is 1. The summed E-state index contributed by atoms with van der Waals surface area (Å²) in [6.07, 6.45) is 3.41. The van der Waals surface area contributed by atoms with Gasteiger partial charge in [-0.15, -0.1) is 0 Å². The van der Waals surface area contributed by atoms with Gasteiger partial charge in [0.15, 0.2) is 4.77 Å². The predicted molar refractivity (Wildman–Crippen MR) is 107 cm³/mol. The molecule has 6 heteroatoms. The Balaban J connectivity index is 1.67. The van der Waals surface area contributed by atoms with Crippen molar-refractivity contribution in [3.63, 3.8) is 0 Å². The maximum Gasteiger partial charge on any atom is 0.270 e. The zero-order valence-corrected chi connectivity index (χ0v) is 16.5. The molecule has 4 rings (SSSR count). The fraction of sp³-hybridized carbons (Fsp3) is 0.333. The SMILES string of the molecule is Cc1cc2c(o1)CC(C)(C)C[C@H]2NC(=O)c1c[nH]c(=S)n1-c1ccccc1. The molecule has 1 atom stereocenters. The van der Waals surface area contributed by atoms with E-state index in [-0.39, 0.29) is 17.4 Å². The molecule has 0 aliphatic heterocycles. The summed E-state index contributed by atoms with van der Waals surface area (Å²) in [5.74, 6) is 1.70. The second kappa shape index (κ2) is 6.53. The van der Waals surface area contributed by atoms with E-state index in [0.29, 0.717) is 10.5 Å². The van der Waals surface area contributed by atoms with Crippen molar-refractivity contribution in [1.29, 1.82) is 0 Å². The van der Waals surface area contributed by atoms with Gasteiger partial charge in [0, 0.05) is 23.9 Å². The highest BCUT2D eigenvalue weighted by atomic mass is 32.1. The molecule has 5 nitrogen and oxygen atoms in total. The molecule has 2 heterocycles. The Morgan fingerprint density at radius 3 is 2.81 bits per heavy atom. The molecule has 2 aromatic heterocycles. The smallest absolute Gasteiger partial charge is 0.270 e. The summed E-state index contributed by atoms with van der Waals surface area (Å²) in [6, 6.07) is 11.6. The summed E-state index contributed by atoms with van der Waals surface area (Å²) in [4.78, 5) is 16.1. The molecule has 2 N–H and O–H groups in total. The molecule has 27 heavy (non-hydrogen) atoms. The Morgan fingerprint density at radius 1 is 1.33 bits per heavy atom. The number of carbonyl (C=O) groups excluding carboxylic acids is 1. The quantitative estimate of drug-likeness (QED) is 0.636. The highest BCUT2D eigenvalue weighted by Crippen LogP contribution is 2.42. The molecule has 0 spiro atoms. The topological polar surface area (TPSA) is 63.0 Å². The summed E-state index contributed by atoms with van der Waals surface area (Å²) in [7, 11) is 0. The van der Waals surface area contributed by atoms with Gasteiger partial charge in [-0.2, -0.15) is 0 Å². The monoisotopic (exact) mass is 381 g/mol. The van der Waals surface area contributed by atoms with E-state index in [1.54, 1.807) is 10.8 Å². The van der Waals surface area contributed by atoms with Crippen molar-refractivity contribution in [3.8, 4) is 5.69 Å². The summed E-state index contributed by atoms with van der Waals surface area (Å²) in [6.45, 7) is 6.35. The number of imidazole rings is 1. The zero-order chi connectivity index (χ0) is 19.2. The second-order valence-corrected chi connectivity index (χ2v) is 8.34. The number of benzene rings is 1. The Bertz CT molecular complexity index is 1040. The standard InChI is InChI=1S/C21H23N3O2S/c1-13-9-15-16(10-21(2,3)11-18(15)26-13)23-19(25)17-12-22-20(27)24(17)14-7-5-4-6-8-14/h4-9,12,16H,10-11H2,1-3H3,(H,22,27)(H,23,25)/t16-/m1/s1. The van der Waals surface area contributed by atoms with Gasteiger partial charge >= 0.3 is 0 Å². The first-order valence-electron chi connectivity index (χ1n) is 9.10. The molecule has 1 aliphatic carbocycles. The van der Waals surface area contributed by atoms with Crippen LogP contribution in [-0.4, -0.2) is 15.5 Å². The first-order valence-corrected chi connectivity index (χ1v) is 9.51. The first-order chi connectivity index (χ1) is 12.8. The van der Waals surface area contributed by atoms with Gasteiger partial charge in [-0.1, -0.05) is 32.0 Å². The third-order valence-electron chi connectivity index (χ3n) is 5.06. The maximum atomic E-state index is 13.1. The van der Waals surface area contributed by atoms with Gasteiger partial charge in [0.25, 0.3) is 5.91 Å². The molecule has 3 aromatic rings. The number of aromatic nitrogens is 2. The minimum absolute atomic E-state index is 0.0615.